The van der Waals surface area contributed by atoms with Gasteiger partial charge < -0.3 is 19.1 Å². The van der Waals surface area contributed by atoms with Gasteiger partial charge >= 0.3 is 5.97 Å². The molecule has 2 aromatic carbocycles. The van der Waals surface area contributed by atoms with Crippen LogP contribution in [0.25, 0.3) is 23.2 Å². The topological polar surface area (TPSA) is 90.7 Å². The number of hydrogen-bond donors (Lipinski definition) is 1. The molecule has 0 aliphatic rings. The van der Waals surface area contributed by atoms with E-state index in [1.54, 1.807) is 29.9 Å². The van der Waals surface area contributed by atoms with Crippen molar-refractivity contribution >= 4 is 29.2 Å². The largest absolute Gasteiger partial charge is 0.493 e. The molecule has 3 rings (SSSR count). The van der Waals surface area contributed by atoms with Gasteiger partial charge in [0.25, 0.3) is 5.56 Å². The summed E-state index contributed by atoms with van der Waals surface area (Å²) in [5.41, 5.74) is 2.00. The van der Waals surface area contributed by atoms with Gasteiger partial charge in [0.2, 0.25) is 0 Å². The Hall–Kier alpha value is -3.61. The van der Waals surface area contributed by atoms with Crippen molar-refractivity contribution in [2.45, 2.75) is 27.3 Å². The summed E-state index contributed by atoms with van der Waals surface area (Å²) in [6.45, 7) is 7.00. The van der Waals surface area contributed by atoms with Gasteiger partial charge in [-0.2, -0.15) is 0 Å². The fourth-order valence-electron chi connectivity index (χ4n) is 3.16. The Morgan fingerprint density at radius 1 is 1.16 bits per heavy atom. The lowest BCUT2D eigenvalue weighted by atomic mass is 10.1. The van der Waals surface area contributed by atoms with Crippen LogP contribution in [0.2, 0.25) is 0 Å². The number of rotatable bonds is 8. The lowest BCUT2D eigenvalue weighted by Crippen LogP contribution is -2.23. The monoisotopic (exact) mass is 422 g/mol. The SMILES string of the molecule is CCn1c(=O)c(/C=C/c2ccc(OC)c(OCC(C)C)c2)nc2cc(C(=O)O)ccc21. The van der Waals surface area contributed by atoms with Crippen LogP contribution in [0.4, 0.5) is 0 Å². The molecule has 0 aliphatic carbocycles. The van der Waals surface area contributed by atoms with Crippen molar-refractivity contribution in [1.82, 2.24) is 9.55 Å². The van der Waals surface area contributed by atoms with Gasteiger partial charge in [0, 0.05) is 6.54 Å². The molecule has 0 radical (unpaired) electrons. The van der Waals surface area contributed by atoms with Crippen molar-refractivity contribution in [3.8, 4) is 11.5 Å². The Morgan fingerprint density at radius 3 is 2.58 bits per heavy atom. The van der Waals surface area contributed by atoms with E-state index in [4.69, 9.17) is 9.47 Å². The summed E-state index contributed by atoms with van der Waals surface area (Å²) in [5.74, 6) is 0.592. The zero-order chi connectivity index (χ0) is 22.5. The second kappa shape index (κ2) is 9.47. The van der Waals surface area contributed by atoms with E-state index in [1.807, 2.05) is 25.1 Å². The van der Waals surface area contributed by atoms with Crippen LogP contribution < -0.4 is 15.0 Å². The van der Waals surface area contributed by atoms with Gasteiger partial charge in [-0.25, -0.2) is 9.78 Å². The zero-order valence-corrected chi connectivity index (χ0v) is 18.1. The Morgan fingerprint density at radius 2 is 1.94 bits per heavy atom. The van der Waals surface area contributed by atoms with Gasteiger partial charge in [0.05, 0.1) is 30.3 Å². The average molecular weight is 422 g/mol. The third-order valence-corrected chi connectivity index (χ3v) is 4.73. The number of nitrogens with zero attached hydrogens (tertiary/aromatic N) is 2. The highest BCUT2D eigenvalue weighted by Crippen LogP contribution is 2.29. The molecular formula is C24H26N2O5. The molecule has 0 atom stereocenters. The minimum atomic E-state index is -1.04. The number of carboxylic acids is 1. The highest BCUT2D eigenvalue weighted by molar-refractivity contribution is 5.92. The third-order valence-electron chi connectivity index (χ3n) is 4.73. The predicted octanol–water partition coefficient (Wildman–Crippen LogP) is 4.33. The molecule has 0 unspecified atom stereocenters. The Kier molecular flexibility index (Phi) is 6.74. The summed E-state index contributed by atoms with van der Waals surface area (Å²) in [4.78, 5) is 28.6. The normalized spacial score (nSPS) is 11.4. The fraction of sp³-hybridized carbons (Fsp3) is 0.292. The number of aromatic carboxylic acids is 1. The first-order chi connectivity index (χ1) is 14.8. The Balaban J connectivity index is 2.02. The molecule has 162 valence electrons. The maximum absolute atomic E-state index is 12.9. The first kappa shape index (κ1) is 22.1. The lowest BCUT2D eigenvalue weighted by molar-refractivity contribution is 0.0697. The minimum absolute atomic E-state index is 0.123. The van der Waals surface area contributed by atoms with Crippen molar-refractivity contribution in [2.75, 3.05) is 13.7 Å². The fourth-order valence-corrected chi connectivity index (χ4v) is 3.16. The number of carbonyl (C=O) groups is 1. The van der Waals surface area contributed by atoms with Crippen molar-refractivity contribution in [1.29, 1.82) is 0 Å². The van der Waals surface area contributed by atoms with Crippen LogP contribution in [0.15, 0.2) is 41.2 Å². The second-order valence-electron chi connectivity index (χ2n) is 7.50. The molecule has 0 amide bonds. The molecule has 31 heavy (non-hydrogen) atoms. The summed E-state index contributed by atoms with van der Waals surface area (Å²) in [5, 5.41) is 9.26. The van der Waals surface area contributed by atoms with Crippen LogP contribution in [0.1, 0.15) is 42.4 Å². The third kappa shape index (κ3) is 4.94. The number of benzene rings is 2. The molecule has 3 aromatic rings. The van der Waals surface area contributed by atoms with Gasteiger partial charge in [0.1, 0.15) is 5.69 Å². The molecule has 0 saturated heterocycles. The smallest absolute Gasteiger partial charge is 0.335 e. The Bertz CT molecular complexity index is 1190. The number of hydrogen-bond acceptors (Lipinski definition) is 5. The van der Waals surface area contributed by atoms with Crippen LogP contribution in [0.3, 0.4) is 0 Å². The van der Waals surface area contributed by atoms with E-state index in [9.17, 15) is 14.7 Å². The van der Waals surface area contributed by atoms with Crippen molar-refractivity contribution in [3.63, 3.8) is 0 Å². The van der Waals surface area contributed by atoms with E-state index in [0.717, 1.165) is 5.56 Å². The quantitative estimate of drug-likeness (QED) is 0.581. The molecule has 0 aliphatic heterocycles. The summed E-state index contributed by atoms with van der Waals surface area (Å²) in [6.07, 6.45) is 3.41. The first-order valence-corrected chi connectivity index (χ1v) is 10.1. The van der Waals surface area contributed by atoms with Crippen LogP contribution in [0.5, 0.6) is 11.5 Å². The maximum Gasteiger partial charge on any atom is 0.335 e. The standard InChI is InChI=1S/C24H26N2O5/c1-5-26-20-10-8-17(24(28)29)13-19(20)25-18(23(26)27)9-6-16-7-11-21(30-4)22(12-16)31-14-15(2)3/h6-13,15H,5,14H2,1-4H3,(H,28,29)/b9-6+. The van der Waals surface area contributed by atoms with Crippen LogP contribution in [-0.2, 0) is 6.54 Å². The first-order valence-electron chi connectivity index (χ1n) is 10.1. The highest BCUT2D eigenvalue weighted by Gasteiger charge is 2.12. The molecule has 0 spiro atoms. The molecule has 7 heteroatoms. The number of aromatic nitrogens is 2. The van der Waals surface area contributed by atoms with E-state index >= 15 is 0 Å². The second-order valence-corrected chi connectivity index (χ2v) is 7.50. The molecule has 0 bridgehead atoms. The number of carboxylic acid groups (broad SMARTS) is 1. The molecule has 1 aromatic heterocycles. The van der Waals surface area contributed by atoms with E-state index < -0.39 is 5.97 Å². The molecule has 7 nitrogen and oxygen atoms in total. The van der Waals surface area contributed by atoms with Crippen molar-refractivity contribution < 1.29 is 19.4 Å². The van der Waals surface area contributed by atoms with E-state index in [-0.39, 0.29) is 16.8 Å². The van der Waals surface area contributed by atoms with E-state index in [2.05, 4.69) is 18.8 Å². The van der Waals surface area contributed by atoms with Gasteiger partial charge in [-0.1, -0.05) is 26.0 Å². The van der Waals surface area contributed by atoms with Crippen LogP contribution in [-0.4, -0.2) is 34.3 Å². The average Bonchev–Trinajstić information content (AvgIpc) is 2.75. The summed E-state index contributed by atoms with van der Waals surface area (Å²) in [6, 6.07) is 10.1. The molecular weight excluding hydrogens is 396 g/mol. The zero-order valence-electron chi connectivity index (χ0n) is 18.1. The predicted molar refractivity (Wildman–Crippen MR) is 121 cm³/mol. The summed E-state index contributed by atoms with van der Waals surface area (Å²) < 4.78 is 12.8. The summed E-state index contributed by atoms with van der Waals surface area (Å²) in [7, 11) is 1.59. The van der Waals surface area contributed by atoms with Crippen molar-refractivity contribution in [3.05, 3.63) is 63.6 Å². The highest BCUT2D eigenvalue weighted by atomic mass is 16.5. The van der Waals surface area contributed by atoms with E-state index in [1.165, 1.54) is 12.1 Å². The van der Waals surface area contributed by atoms with E-state index in [0.29, 0.717) is 41.6 Å². The minimum Gasteiger partial charge on any atom is -0.493 e. The van der Waals surface area contributed by atoms with Gasteiger partial charge in [-0.15, -0.1) is 0 Å². The lowest BCUT2D eigenvalue weighted by Gasteiger charge is -2.13. The van der Waals surface area contributed by atoms with Gasteiger partial charge in [-0.3, -0.25) is 4.79 Å². The molecule has 1 N–H and O–H groups in total. The summed E-state index contributed by atoms with van der Waals surface area (Å²) >= 11 is 0. The van der Waals surface area contributed by atoms with Crippen LogP contribution >= 0.6 is 0 Å². The number of ether oxygens (including phenoxy) is 2. The van der Waals surface area contributed by atoms with Crippen molar-refractivity contribution in [2.24, 2.45) is 5.92 Å². The molecule has 0 saturated carbocycles. The molecule has 1 heterocycles. The van der Waals surface area contributed by atoms with Gasteiger partial charge in [-0.05, 0) is 54.8 Å². The Labute approximate surface area is 180 Å². The van der Waals surface area contributed by atoms with Crippen LogP contribution in [0, 0.1) is 5.92 Å². The number of fused-ring (bicyclic) bond motifs is 1. The number of aryl methyl sites for hydroxylation is 1. The maximum atomic E-state index is 12.9. The van der Waals surface area contributed by atoms with Gasteiger partial charge in [0.15, 0.2) is 11.5 Å². The number of methoxy groups -OCH3 is 1. The molecule has 0 fully saturated rings.